The fourth-order valence-electron chi connectivity index (χ4n) is 2.91. The molecular formula is C21H30N2O2. The third kappa shape index (κ3) is 4.97. The number of hydrogen-bond acceptors (Lipinski definition) is 4. The third-order valence-electron chi connectivity index (χ3n) is 3.94. The summed E-state index contributed by atoms with van der Waals surface area (Å²) in [4.78, 5) is 4.58. The highest BCUT2D eigenvalue weighted by molar-refractivity contribution is 5.35. The lowest BCUT2D eigenvalue weighted by Crippen LogP contribution is -2.43. The van der Waals surface area contributed by atoms with Gasteiger partial charge in [0.1, 0.15) is 25.0 Å². The first-order valence-corrected chi connectivity index (χ1v) is 9.24. The Balaban J connectivity index is 0.000000528. The van der Waals surface area contributed by atoms with E-state index in [-0.39, 0.29) is 0 Å². The molecule has 4 heteroatoms. The van der Waals surface area contributed by atoms with E-state index in [1.165, 1.54) is 11.1 Å². The zero-order valence-corrected chi connectivity index (χ0v) is 15.9. The zero-order valence-electron chi connectivity index (χ0n) is 15.9. The SMILES string of the molecule is CC.CC.c1ccc2c(c1)CN(CN1COc3ccccc3C1)CO2. The number of para-hydroxylation sites is 2. The van der Waals surface area contributed by atoms with Gasteiger partial charge in [0.05, 0.1) is 6.67 Å². The van der Waals surface area contributed by atoms with Crippen LogP contribution in [-0.2, 0) is 13.1 Å². The van der Waals surface area contributed by atoms with E-state index in [0.717, 1.165) is 31.3 Å². The van der Waals surface area contributed by atoms with Gasteiger partial charge < -0.3 is 9.47 Å². The summed E-state index contributed by atoms with van der Waals surface area (Å²) in [6, 6.07) is 16.5. The average Bonchev–Trinajstić information content (AvgIpc) is 2.71. The van der Waals surface area contributed by atoms with Crippen molar-refractivity contribution in [3.05, 3.63) is 59.7 Å². The fourth-order valence-corrected chi connectivity index (χ4v) is 2.91. The van der Waals surface area contributed by atoms with E-state index in [2.05, 4.69) is 34.1 Å². The van der Waals surface area contributed by atoms with Gasteiger partial charge in [0.15, 0.2) is 0 Å². The van der Waals surface area contributed by atoms with Gasteiger partial charge in [-0.2, -0.15) is 0 Å². The van der Waals surface area contributed by atoms with Crippen LogP contribution in [-0.4, -0.2) is 29.9 Å². The monoisotopic (exact) mass is 342 g/mol. The van der Waals surface area contributed by atoms with Crippen molar-refractivity contribution in [1.82, 2.24) is 9.80 Å². The van der Waals surface area contributed by atoms with Gasteiger partial charge in [-0.05, 0) is 12.1 Å². The van der Waals surface area contributed by atoms with Gasteiger partial charge in [-0.1, -0.05) is 64.1 Å². The molecule has 136 valence electrons. The van der Waals surface area contributed by atoms with Crippen LogP contribution < -0.4 is 9.47 Å². The van der Waals surface area contributed by atoms with Crippen LogP contribution in [0.5, 0.6) is 11.5 Å². The average molecular weight is 342 g/mol. The van der Waals surface area contributed by atoms with Crippen molar-refractivity contribution in [1.29, 1.82) is 0 Å². The Labute approximate surface area is 152 Å². The van der Waals surface area contributed by atoms with Gasteiger partial charge in [-0.15, -0.1) is 0 Å². The molecule has 0 spiro atoms. The molecule has 0 saturated carbocycles. The maximum Gasteiger partial charge on any atom is 0.143 e. The summed E-state index contributed by atoms with van der Waals surface area (Å²) in [7, 11) is 0. The molecule has 0 bridgehead atoms. The van der Waals surface area contributed by atoms with Crippen LogP contribution >= 0.6 is 0 Å². The van der Waals surface area contributed by atoms with Crippen molar-refractivity contribution < 1.29 is 9.47 Å². The van der Waals surface area contributed by atoms with E-state index in [9.17, 15) is 0 Å². The molecule has 0 aliphatic carbocycles. The molecule has 2 aliphatic rings. The lowest BCUT2D eigenvalue weighted by atomic mass is 10.1. The Morgan fingerprint density at radius 3 is 1.52 bits per heavy atom. The van der Waals surface area contributed by atoms with Gasteiger partial charge in [-0.25, -0.2) is 0 Å². The minimum atomic E-state index is 0.634. The van der Waals surface area contributed by atoms with E-state index in [1.807, 2.05) is 52.0 Å². The first kappa shape index (κ1) is 19.3. The van der Waals surface area contributed by atoms with E-state index < -0.39 is 0 Å². The predicted octanol–water partition coefficient (Wildman–Crippen LogP) is 4.70. The molecule has 25 heavy (non-hydrogen) atoms. The van der Waals surface area contributed by atoms with Crippen LogP contribution in [0.4, 0.5) is 0 Å². The lowest BCUT2D eigenvalue weighted by Gasteiger charge is -2.35. The van der Waals surface area contributed by atoms with Crippen molar-refractivity contribution >= 4 is 0 Å². The van der Waals surface area contributed by atoms with Crippen LogP contribution in [0.15, 0.2) is 48.5 Å². The van der Waals surface area contributed by atoms with Crippen LogP contribution in [0.1, 0.15) is 38.8 Å². The van der Waals surface area contributed by atoms with E-state index in [1.54, 1.807) is 0 Å². The molecule has 0 radical (unpaired) electrons. The van der Waals surface area contributed by atoms with Crippen LogP contribution in [0.25, 0.3) is 0 Å². The van der Waals surface area contributed by atoms with E-state index in [4.69, 9.17) is 9.47 Å². The van der Waals surface area contributed by atoms with Crippen molar-refractivity contribution in [3.63, 3.8) is 0 Å². The first-order chi connectivity index (χ1) is 12.4. The molecule has 0 aromatic heterocycles. The maximum absolute atomic E-state index is 5.81. The number of ether oxygens (including phenoxy) is 2. The smallest absolute Gasteiger partial charge is 0.143 e. The Bertz CT molecular complexity index is 590. The molecule has 2 aromatic carbocycles. The second kappa shape index (κ2) is 10.1. The summed E-state index contributed by atoms with van der Waals surface area (Å²) in [5.74, 6) is 2.02. The minimum absolute atomic E-state index is 0.634. The Kier molecular flexibility index (Phi) is 7.76. The zero-order chi connectivity index (χ0) is 18.1. The van der Waals surface area contributed by atoms with Crippen molar-refractivity contribution in [2.45, 2.75) is 40.8 Å². The normalized spacial score (nSPS) is 15.8. The standard InChI is InChI=1S/C17H18N2O2.2C2H6/c1-3-7-16-14(5-1)9-18(12-20-16)11-19-10-15-6-2-4-8-17(15)21-13-19;2*1-2/h1-8H,9-13H2;2*1-2H3. The number of hydrogen-bond donors (Lipinski definition) is 0. The fraction of sp³-hybridized carbons (Fsp3) is 0.429. The topological polar surface area (TPSA) is 24.9 Å². The molecule has 0 saturated heterocycles. The highest BCUT2D eigenvalue weighted by atomic mass is 16.5. The molecule has 0 amide bonds. The second-order valence-electron chi connectivity index (χ2n) is 5.56. The van der Waals surface area contributed by atoms with Crippen LogP contribution in [0, 0.1) is 0 Å². The summed E-state index contributed by atoms with van der Waals surface area (Å²) >= 11 is 0. The molecule has 0 fully saturated rings. The van der Waals surface area contributed by atoms with Crippen LogP contribution in [0.2, 0.25) is 0 Å². The number of benzene rings is 2. The van der Waals surface area contributed by atoms with E-state index >= 15 is 0 Å². The van der Waals surface area contributed by atoms with Crippen molar-refractivity contribution in [2.75, 3.05) is 20.1 Å². The van der Waals surface area contributed by atoms with Gasteiger partial charge in [0, 0.05) is 24.2 Å². The largest absolute Gasteiger partial charge is 0.478 e. The highest BCUT2D eigenvalue weighted by Gasteiger charge is 2.22. The van der Waals surface area contributed by atoms with Gasteiger partial charge in [-0.3, -0.25) is 9.80 Å². The molecule has 0 unspecified atom stereocenters. The van der Waals surface area contributed by atoms with Gasteiger partial charge in [0.2, 0.25) is 0 Å². The summed E-state index contributed by atoms with van der Waals surface area (Å²) in [6.07, 6.45) is 0. The molecule has 2 heterocycles. The summed E-state index contributed by atoms with van der Waals surface area (Å²) in [5.41, 5.74) is 2.50. The number of rotatable bonds is 2. The first-order valence-electron chi connectivity index (χ1n) is 9.24. The van der Waals surface area contributed by atoms with Crippen LogP contribution in [0.3, 0.4) is 0 Å². The van der Waals surface area contributed by atoms with Gasteiger partial charge >= 0.3 is 0 Å². The summed E-state index contributed by atoms with van der Waals surface area (Å²) in [6.45, 7) is 12.0. The van der Waals surface area contributed by atoms with Crippen molar-refractivity contribution in [3.8, 4) is 11.5 Å². The predicted molar refractivity (Wildman–Crippen MR) is 103 cm³/mol. The summed E-state index contributed by atoms with van der Waals surface area (Å²) in [5, 5.41) is 0. The van der Waals surface area contributed by atoms with Gasteiger partial charge in [0.25, 0.3) is 0 Å². The molecular weight excluding hydrogens is 312 g/mol. The minimum Gasteiger partial charge on any atom is -0.478 e. The molecule has 0 atom stereocenters. The number of nitrogens with zero attached hydrogens (tertiary/aromatic N) is 2. The Morgan fingerprint density at radius 1 is 0.680 bits per heavy atom. The Hall–Kier alpha value is -2.04. The Morgan fingerprint density at radius 2 is 1.08 bits per heavy atom. The molecule has 0 N–H and O–H groups in total. The quantitative estimate of drug-likeness (QED) is 0.790. The summed E-state index contributed by atoms with van der Waals surface area (Å²) < 4.78 is 11.6. The molecule has 2 aromatic rings. The maximum atomic E-state index is 5.81. The van der Waals surface area contributed by atoms with Crippen molar-refractivity contribution in [2.24, 2.45) is 0 Å². The molecule has 2 aliphatic heterocycles. The second-order valence-corrected chi connectivity index (χ2v) is 5.56. The molecule has 4 rings (SSSR count). The molecule has 4 nitrogen and oxygen atoms in total. The highest BCUT2D eigenvalue weighted by Crippen LogP contribution is 2.27. The van der Waals surface area contributed by atoms with E-state index in [0.29, 0.717) is 13.5 Å². The lowest BCUT2D eigenvalue weighted by molar-refractivity contribution is -0.00341. The third-order valence-corrected chi connectivity index (χ3v) is 3.94. The number of fused-ring (bicyclic) bond motifs is 2.